The molecular formula is C4H3CoN2O2. The van der Waals surface area contributed by atoms with Gasteiger partial charge in [-0.3, -0.25) is 0 Å². The second-order valence-corrected chi connectivity index (χ2v) is 1.15. The molecule has 0 aliphatic carbocycles. The van der Waals surface area contributed by atoms with Crippen molar-refractivity contribution in [2.45, 2.75) is 0 Å². The molecule has 1 aromatic rings. The SMILES string of the molecule is O=C(O)n1[c]ccn1.[Co]. The Morgan fingerprint density at radius 3 is 2.67 bits per heavy atom. The van der Waals surface area contributed by atoms with Crippen LogP contribution in [-0.4, -0.2) is 21.0 Å². The summed E-state index contributed by atoms with van der Waals surface area (Å²) in [4.78, 5) is 9.93. The summed E-state index contributed by atoms with van der Waals surface area (Å²) >= 11 is 0. The Bertz CT molecular complexity index is 184. The van der Waals surface area contributed by atoms with Crippen LogP contribution in [0, 0.1) is 6.20 Å². The van der Waals surface area contributed by atoms with E-state index in [9.17, 15) is 4.79 Å². The molecule has 0 fully saturated rings. The van der Waals surface area contributed by atoms with Gasteiger partial charge in [-0.05, 0) is 6.07 Å². The molecule has 0 aliphatic rings. The van der Waals surface area contributed by atoms with Crippen LogP contribution in [0.2, 0.25) is 0 Å². The van der Waals surface area contributed by atoms with Crippen molar-refractivity contribution in [3.8, 4) is 0 Å². The first-order valence-corrected chi connectivity index (χ1v) is 1.96. The van der Waals surface area contributed by atoms with Gasteiger partial charge in [-0.1, -0.05) is 0 Å². The fourth-order valence-electron chi connectivity index (χ4n) is 0.342. The summed E-state index contributed by atoms with van der Waals surface area (Å²) in [5.74, 6) is 0. The molecule has 0 unspecified atom stereocenters. The van der Waals surface area contributed by atoms with E-state index in [0.29, 0.717) is 4.68 Å². The number of aromatic nitrogens is 2. The summed E-state index contributed by atoms with van der Waals surface area (Å²) in [7, 11) is 0. The predicted octanol–water partition coefficient (Wildman–Crippen LogP) is 0.207. The topological polar surface area (TPSA) is 55.1 Å². The van der Waals surface area contributed by atoms with Gasteiger partial charge in [0.2, 0.25) is 0 Å². The average molecular weight is 170 g/mol. The zero-order chi connectivity index (χ0) is 5.98. The molecule has 0 spiro atoms. The molecule has 0 saturated carbocycles. The molecule has 2 radical (unpaired) electrons. The van der Waals surface area contributed by atoms with Crippen LogP contribution in [0.25, 0.3) is 0 Å². The first-order valence-electron chi connectivity index (χ1n) is 1.96. The maximum absolute atomic E-state index is 9.93. The van der Waals surface area contributed by atoms with Gasteiger partial charge in [0.15, 0.2) is 0 Å². The molecule has 0 saturated heterocycles. The molecule has 4 nitrogen and oxygen atoms in total. The number of carboxylic acid groups (broad SMARTS) is 1. The number of nitrogens with zero attached hydrogens (tertiary/aromatic N) is 2. The van der Waals surface area contributed by atoms with Crippen molar-refractivity contribution in [2.24, 2.45) is 0 Å². The molecule has 0 atom stereocenters. The van der Waals surface area contributed by atoms with Crippen LogP contribution in [0.1, 0.15) is 0 Å². The maximum Gasteiger partial charge on any atom is 0.432 e. The second kappa shape index (κ2) is 3.26. The summed E-state index contributed by atoms with van der Waals surface area (Å²) < 4.78 is 0.708. The third kappa shape index (κ3) is 1.86. The molecule has 0 aromatic carbocycles. The minimum atomic E-state index is -1.12. The monoisotopic (exact) mass is 170 g/mol. The van der Waals surface area contributed by atoms with Crippen LogP contribution >= 0.6 is 0 Å². The van der Waals surface area contributed by atoms with Crippen molar-refractivity contribution < 1.29 is 26.7 Å². The van der Waals surface area contributed by atoms with E-state index in [1.54, 1.807) is 0 Å². The fourth-order valence-corrected chi connectivity index (χ4v) is 0.342. The number of hydrogen-bond donors (Lipinski definition) is 1. The molecule has 0 bridgehead atoms. The standard InChI is InChI=1S/C4H3N2O2.Co/c7-4(8)6-3-1-2-5-6;/h1-2H,(H,7,8);. The third-order valence-corrected chi connectivity index (χ3v) is 0.635. The largest absolute Gasteiger partial charge is 0.463 e. The van der Waals surface area contributed by atoms with Gasteiger partial charge in [-0.25, -0.2) is 4.79 Å². The fraction of sp³-hybridized carbons (Fsp3) is 0. The van der Waals surface area contributed by atoms with Crippen LogP contribution < -0.4 is 0 Å². The first kappa shape index (κ1) is 8.19. The average Bonchev–Trinajstić information content (AvgIpc) is 2.12. The summed E-state index contributed by atoms with van der Waals surface area (Å²) in [5, 5.41) is 11.5. The Kier molecular flexibility index (Phi) is 2.96. The summed E-state index contributed by atoms with van der Waals surface area (Å²) in [6.45, 7) is 0. The van der Waals surface area contributed by atoms with Crippen LogP contribution in [0.15, 0.2) is 12.3 Å². The van der Waals surface area contributed by atoms with E-state index in [4.69, 9.17) is 5.11 Å². The third-order valence-electron chi connectivity index (χ3n) is 0.635. The van der Waals surface area contributed by atoms with Crippen molar-refractivity contribution in [1.29, 1.82) is 0 Å². The Balaban J connectivity index is 0.000000640. The van der Waals surface area contributed by atoms with E-state index in [2.05, 4.69) is 11.3 Å². The second-order valence-electron chi connectivity index (χ2n) is 1.15. The zero-order valence-electron chi connectivity index (χ0n) is 4.24. The van der Waals surface area contributed by atoms with Gasteiger partial charge in [-0.2, -0.15) is 9.78 Å². The zero-order valence-corrected chi connectivity index (χ0v) is 5.28. The molecule has 0 amide bonds. The van der Waals surface area contributed by atoms with Crippen LogP contribution in [-0.2, 0) is 16.8 Å². The van der Waals surface area contributed by atoms with Crippen molar-refractivity contribution in [2.75, 3.05) is 0 Å². The number of hydrogen-bond acceptors (Lipinski definition) is 2. The minimum Gasteiger partial charge on any atom is -0.463 e. The smallest absolute Gasteiger partial charge is 0.432 e. The molecular weight excluding hydrogens is 167 g/mol. The van der Waals surface area contributed by atoms with Gasteiger partial charge in [0.25, 0.3) is 0 Å². The van der Waals surface area contributed by atoms with Gasteiger partial charge in [0.1, 0.15) is 0 Å². The molecule has 50 valence electrons. The molecule has 1 rings (SSSR count). The van der Waals surface area contributed by atoms with E-state index in [0.717, 1.165) is 0 Å². The summed E-state index contributed by atoms with van der Waals surface area (Å²) in [5.41, 5.74) is 0. The van der Waals surface area contributed by atoms with E-state index in [-0.39, 0.29) is 16.8 Å². The van der Waals surface area contributed by atoms with E-state index in [1.807, 2.05) is 0 Å². The Hall–Kier alpha value is -0.814. The first-order chi connectivity index (χ1) is 3.80. The predicted molar refractivity (Wildman–Crippen MR) is 24.5 cm³/mol. The minimum absolute atomic E-state index is 0. The molecule has 1 N–H and O–H groups in total. The normalized spacial score (nSPS) is 8.00. The molecule has 5 heteroatoms. The van der Waals surface area contributed by atoms with Crippen molar-refractivity contribution in [3.63, 3.8) is 0 Å². The molecule has 1 heterocycles. The maximum atomic E-state index is 9.93. The number of rotatable bonds is 0. The van der Waals surface area contributed by atoms with Crippen LogP contribution in [0.3, 0.4) is 0 Å². The van der Waals surface area contributed by atoms with E-state index >= 15 is 0 Å². The molecule has 1 aromatic heterocycles. The Labute approximate surface area is 61.7 Å². The molecule has 9 heavy (non-hydrogen) atoms. The van der Waals surface area contributed by atoms with Gasteiger partial charge < -0.3 is 5.11 Å². The van der Waals surface area contributed by atoms with Gasteiger partial charge in [0, 0.05) is 16.8 Å². The summed E-state index contributed by atoms with van der Waals surface area (Å²) in [6, 6.07) is 1.42. The van der Waals surface area contributed by atoms with Gasteiger partial charge >= 0.3 is 6.09 Å². The quantitative estimate of drug-likeness (QED) is 0.605. The molecule has 0 aliphatic heterocycles. The van der Waals surface area contributed by atoms with E-state index < -0.39 is 6.09 Å². The van der Waals surface area contributed by atoms with Crippen LogP contribution in [0.5, 0.6) is 0 Å². The van der Waals surface area contributed by atoms with Gasteiger partial charge in [0.05, 0.1) is 12.4 Å². The van der Waals surface area contributed by atoms with Crippen molar-refractivity contribution in [3.05, 3.63) is 18.5 Å². The number of carbonyl (C=O) groups is 1. The van der Waals surface area contributed by atoms with Crippen LogP contribution in [0.4, 0.5) is 4.79 Å². The summed E-state index contributed by atoms with van der Waals surface area (Å²) in [6.07, 6.45) is 2.58. The Morgan fingerprint density at radius 2 is 2.44 bits per heavy atom. The van der Waals surface area contributed by atoms with E-state index in [1.165, 1.54) is 12.3 Å². The Morgan fingerprint density at radius 1 is 1.78 bits per heavy atom. The van der Waals surface area contributed by atoms with Crippen molar-refractivity contribution >= 4 is 6.09 Å². The van der Waals surface area contributed by atoms with Crippen molar-refractivity contribution in [1.82, 2.24) is 9.78 Å². The van der Waals surface area contributed by atoms with Gasteiger partial charge in [-0.15, -0.1) is 0 Å².